The summed E-state index contributed by atoms with van der Waals surface area (Å²) in [6, 6.07) is 7.74. The van der Waals surface area contributed by atoms with Crippen LogP contribution in [0.1, 0.15) is 0 Å². The summed E-state index contributed by atoms with van der Waals surface area (Å²) in [4.78, 5) is 10.4. The van der Waals surface area contributed by atoms with Gasteiger partial charge in [-0.25, -0.2) is 0 Å². The van der Waals surface area contributed by atoms with Crippen molar-refractivity contribution in [2.24, 2.45) is 0 Å². The molecular weight excluding hydrogens is 324 g/mol. The molecule has 0 saturated heterocycles. The molecule has 1 N–H and O–H groups in total. The van der Waals surface area contributed by atoms with E-state index in [1.807, 2.05) is 24.3 Å². The molecule has 2 aromatic rings. The molecule has 1 aromatic heterocycles. The lowest BCUT2D eigenvalue weighted by molar-refractivity contribution is -0.133. The first-order chi connectivity index (χ1) is 8.15. The molecule has 0 unspecified atom stereocenters. The van der Waals surface area contributed by atoms with Gasteiger partial charge in [-0.05, 0) is 12.1 Å². The van der Waals surface area contributed by atoms with Gasteiger partial charge in [0.25, 0.3) is 0 Å². The lowest BCUT2D eigenvalue weighted by Crippen LogP contribution is -1.96. The maximum atomic E-state index is 10.4. The predicted octanol–water partition coefficient (Wildman–Crippen LogP) is 3.14. The first-order valence-corrected chi connectivity index (χ1v) is 7.18. The number of carboxylic acid groups (broad SMARTS) is 1. The van der Waals surface area contributed by atoms with Crippen molar-refractivity contribution in [1.82, 2.24) is 10.2 Å². The molecule has 0 amide bonds. The molecule has 0 aliphatic rings. The van der Waals surface area contributed by atoms with Crippen LogP contribution in [0.3, 0.4) is 0 Å². The molecule has 0 radical (unpaired) electrons. The van der Waals surface area contributed by atoms with Gasteiger partial charge in [-0.15, -0.1) is 10.2 Å². The van der Waals surface area contributed by atoms with E-state index in [2.05, 4.69) is 26.1 Å². The van der Waals surface area contributed by atoms with Crippen LogP contribution in [0.15, 0.2) is 33.1 Å². The molecule has 0 saturated carbocycles. The molecule has 88 valence electrons. The smallest absolute Gasteiger partial charge is 0.313 e. The Morgan fingerprint density at radius 1 is 1.35 bits per heavy atom. The van der Waals surface area contributed by atoms with Crippen molar-refractivity contribution in [3.05, 3.63) is 28.7 Å². The van der Waals surface area contributed by atoms with Crippen LogP contribution in [0.2, 0.25) is 0 Å². The highest BCUT2D eigenvalue weighted by atomic mass is 79.9. The monoisotopic (exact) mass is 330 g/mol. The van der Waals surface area contributed by atoms with Gasteiger partial charge in [0, 0.05) is 10.0 Å². The fourth-order valence-corrected chi connectivity index (χ4v) is 2.94. The number of aliphatic carboxylic acids is 1. The first-order valence-electron chi connectivity index (χ1n) is 4.59. The van der Waals surface area contributed by atoms with Crippen molar-refractivity contribution in [2.45, 2.75) is 4.34 Å². The largest absolute Gasteiger partial charge is 0.481 e. The number of hydrogen-bond donors (Lipinski definition) is 1. The second-order valence-corrected chi connectivity index (χ2v) is 6.18. The Balaban J connectivity index is 2.12. The van der Waals surface area contributed by atoms with Crippen LogP contribution in [-0.2, 0) is 4.79 Å². The number of hydrogen-bond acceptors (Lipinski definition) is 5. The van der Waals surface area contributed by atoms with Gasteiger partial charge in [0.1, 0.15) is 5.01 Å². The quantitative estimate of drug-likeness (QED) is 0.872. The summed E-state index contributed by atoms with van der Waals surface area (Å²) in [7, 11) is 0. The molecule has 0 fully saturated rings. The van der Waals surface area contributed by atoms with Crippen LogP contribution < -0.4 is 0 Å². The van der Waals surface area contributed by atoms with E-state index in [0.29, 0.717) is 4.34 Å². The Labute approximate surface area is 114 Å². The molecule has 1 heterocycles. The van der Waals surface area contributed by atoms with Gasteiger partial charge < -0.3 is 5.11 Å². The molecule has 0 atom stereocenters. The van der Waals surface area contributed by atoms with E-state index in [1.165, 1.54) is 23.1 Å². The second-order valence-electron chi connectivity index (χ2n) is 3.06. The van der Waals surface area contributed by atoms with Crippen molar-refractivity contribution in [3.63, 3.8) is 0 Å². The van der Waals surface area contributed by atoms with Gasteiger partial charge in [-0.2, -0.15) is 0 Å². The molecule has 17 heavy (non-hydrogen) atoms. The molecule has 0 spiro atoms. The van der Waals surface area contributed by atoms with E-state index in [9.17, 15) is 4.79 Å². The predicted molar refractivity (Wildman–Crippen MR) is 71.4 cm³/mol. The zero-order valence-electron chi connectivity index (χ0n) is 8.46. The average Bonchev–Trinajstić information content (AvgIpc) is 2.76. The van der Waals surface area contributed by atoms with Crippen LogP contribution in [0, 0.1) is 0 Å². The van der Waals surface area contributed by atoms with Crippen molar-refractivity contribution >= 4 is 45.0 Å². The summed E-state index contributed by atoms with van der Waals surface area (Å²) in [5, 5.41) is 17.3. The molecule has 0 aliphatic heterocycles. The summed E-state index contributed by atoms with van der Waals surface area (Å²) in [6.07, 6.45) is 0. The first kappa shape index (κ1) is 12.5. The highest BCUT2D eigenvalue weighted by molar-refractivity contribution is 9.10. The van der Waals surface area contributed by atoms with E-state index in [-0.39, 0.29) is 5.75 Å². The third-order valence-corrected chi connectivity index (χ3v) is 4.44. The molecule has 2 rings (SSSR count). The SMILES string of the molecule is O=C(O)CSc1nnc(-c2ccc(Br)cc2)s1. The maximum absolute atomic E-state index is 10.4. The highest BCUT2D eigenvalue weighted by Gasteiger charge is 2.08. The van der Waals surface area contributed by atoms with E-state index >= 15 is 0 Å². The highest BCUT2D eigenvalue weighted by Crippen LogP contribution is 2.29. The molecule has 1 aromatic carbocycles. The Hall–Kier alpha value is -0.920. The fraction of sp³-hybridized carbons (Fsp3) is 0.100. The van der Waals surface area contributed by atoms with Gasteiger partial charge in [0.2, 0.25) is 0 Å². The fourth-order valence-electron chi connectivity index (χ4n) is 1.10. The summed E-state index contributed by atoms with van der Waals surface area (Å²) in [5.41, 5.74) is 0.980. The number of thioether (sulfide) groups is 1. The average molecular weight is 331 g/mol. The van der Waals surface area contributed by atoms with Crippen molar-refractivity contribution in [3.8, 4) is 10.6 Å². The summed E-state index contributed by atoms with van der Waals surface area (Å²) < 4.78 is 1.68. The standard InChI is InChI=1S/C10H7BrN2O2S2/c11-7-3-1-6(2-4-7)9-12-13-10(17-9)16-5-8(14)15/h1-4H,5H2,(H,14,15). The number of halogens is 1. The Bertz CT molecular complexity index is 527. The van der Waals surface area contributed by atoms with E-state index in [4.69, 9.17) is 5.11 Å². The van der Waals surface area contributed by atoms with Gasteiger partial charge in [-0.3, -0.25) is 4.79 Å². The van der Waals surface area contributed by atoms with E-state index < -0.39 is 5.97 Å². The number of carboxylic acids is 1. The summed E-state index contributed by atoms with van der Waals surface area (Å²) in [6.45, 7) is 0. The van der Waals surface area contributed by atoms with Gasteiger partial charge in [0.05, 0.1) is 5.75 Å². The summed E-state index contributed by atoms with van der Waals surface area (Å²) >= 11 is 5.94. The third kappa shape index (κ3) is 3.52. The third-order valence-electron chi connectivity index (χ3n) is 1.82. The Morgan fingerprint density at radius 3 is 2.71 bits per heavy atom. The van der Waals surface area contributed by atoms with Crippen molar-refractivity contribution < 1.29 is 9.90 Å². The zero-order chi connectivity index (χ0) is 12.3. The number of rotatable bonds is 4. The molecular formula is C10H7BrN2O2S2. The minimum absolute atomic E-state index is 0.00890. The summed E-state index contributed by atoms with van der Waals surface area (Å²) in [5.74, 6) is -0.843. The van der Waals surface area contributed by atoms with Crippen LogP contribution in [-0.4, -0.2) is 27.0 Å². The minimum Gasteiger partial charge on any atom is -0.481 e. The molecule has 4 nitrogen and oxygen atoms in total. The zero-order valence-corrected chi connectivity index (χ0v) is 11.7. The second kappa shape index (κ2) is 5.61. The van der Waals surface area contributed by atoms with Crippen molar-refractivity contribution in [2.75, 3.05) is 5.75 Å². The maximum Gasteiger partial charge on any atom is 0.313 e. The van der Waals surface area contributed by atoms with E-state index in [0.717, 1.165) is 15.0 Å². The Kier molecular flexibility index (Phi) is 4.14. The Morgan fingerprint density at radius 2 is 2.06 bits per heavy atom. The number of carbonyl (C=O) groups is 1. The molecule has 0 aliphatic carbocycles. The lowest BCUT2D eigenvalue weighted by Gasteiger charge is -1.94. The van der Waals surface area contributed by atoms with Crippen LogP contribution in [0.25, 0.3) is 10.6 Å². The number of aromatic nitrogens is 2. The molecule has 7 heteroatoms. The van der Waals surface area contributed by atoms with Crippen LogP contribution in [0.5, 0.6) is 0 Å². The van der Waals surface area contributed by atoms with Crippen LogP contribution >= 0.6 is 39.0 Å². The van der Waals surface area contributed by atoms with E-state index in [1.54, 1.807) is 0 Å². The molecule has 0 bridgehead atoms. The van der Waals surface area contributed by atoms with Gasteiger partial charge in [-0.1, -0.05) is 51.2 Å². The number of nitrogens with zero attached hydrogens (tertiary/aromatic N) is 2. The normalized spacial score (nSPS) is 10.4. The topological polar surface area (TPSA) is 63.1 Å². The number of benzene rings is 1. The van der Waals surface area contributed by atoms with Crippen molar-refractivity contribution in [1.29, 1.82) is 0 Å². The van der Waals surface area contributed by atoms with Gasteiger partial charge >= 0.3 is 5.97 Å². The van der Waals surface area contributed by atoms with Gasteiger partial charge in [0.15, 0.2) is 4.34 Å². The lowest BCUT2D eigenvalue weighted by atomic mass is 10.2. The minimum atomic E-state index is -0.851. The van der Waals surface area contributed by atoms with Crippen LogP contribution in [0.4, 0.5) is 0 Å².